The predicted octanol–water partition coefficient (Wildman–Crippen LogP) is 4.04. The van der Waals surface area contributed by atoms with Crippen molar-refractivity contribution in [2.24, 2.45) is 0 Å². The molecule has 5 nitrogen and oxygen atoms in total. The van der Waals surface area contributed by atoms with Crippen molar-refractivity contribution >= 4 is 11.6 Å². The third-order valence-electron chi connectivity index (χ3n) is 4.80. The minimum absolute atomic E-state index is 0.0253. The molecule has 1 aromatic heterocycles. The molecule has 0 aliphatic heterocycles. The van der Waals surface area contributed by atoms with Crippen LogP contribution < -0.4 is 5.32 Å². The molecule has 0 saturated heterocycles. The number of nitrogens with one attached hydrogen (secondary N) is 1. The van der Waals surface area contributed by atoms with E-state index in [1.807, 2.05) is 75.1 Å². The Balaban J connectivity index is 1.80. The minimum atomic E-state index is -0.0253. The molecular formula is C23H28N4O. The van der Waals surface area contributed by atoms with Crippen LogP contribution in [-0.4, -0.2) is 34.7 Å². The van der Waals surface area contributed by atoms with E-state index in [1.54, 1.807) is 0 Å². The summed E-state index contributed by atoms with van der Waals surface area (Å²) >= 11 is 0. The maximum atomic E-state index is 12.8. The molecule has 28 heavy (non-hydrogen) atoms. The Kier molecular flexibility index (Phi) is 5.95. The Labute approximate surface area is 167 Å². The summed E-state index contributed by atoms with van der Waals surface area (Å²) in [7, 11) is 4.05. The fourth-order valence-corrected chi connectivity index (χ4v) is 3.42. The molecule has 3 aromatic rings. The average Bonchev–Trinajstić information content (AvgIpc) is 2.92. The fourth-order valence-electron chi connectivity index (χ4n) is 3.42. The quantitative estimate of drug-likeness (QED) is 0.706. The van der Waals surface area contributed by atoms with Gasteiger partial charge in [0.25, 0.3) is 0 Å². The molecule has 0 aliphatic rings. The van der Waals surface area contributed by atoms with E-state index in [-0.39, 0.29) is 5.91 Å². The van der Waals surface area contributed by atoms with Gasteiger partial charge in [-0.15, -0.1) is 0 Å². The number of carbonyl (C=O) groups excluding carboxylic acids is 1. The lowest BCUT2D eigenvalue weighted by Crippen LogP contribution is -2.18. The second kappa shape index (κ2) is 8.40. The smallest absolute Gasteiger partial charge is 0.228 e. The van der Waals surface area contributed by atoms with Crippen LogP contribution in [0.1, 0.15) is 28.1 Å². The summed E-state index contributed by atoms with van der Waals surface area (Å²) < 4.78 is 1.90. The molecule has 0 aliphatic carbocycles. The van der Waals surface area contributed by atoms with E-state index in [4.69, 9.17) is 0 Å². The summed E-state index contributed by atoms with van der Waals surface area (Å²) in [6, 6.07) is 16.1. The van der Waals surface area contributed by atoms with Crippen molar-refractivity contribution in [3.63, 3.8) is 0 Å². The number of aryl methyl sites for hydroxylation is 2. The lowest BCUT2D eigenvalue weighted by molar-refractivity contribution is -0.115. The standard InChI is InChI=1S/C23H28N4O/c1-16-11-12-22(19(13-16)15-26(4)5)24-23(28)14-21-17(2)25-27(18(21)3)20-9-7-6-8-10-20/h6-13H,14-15H2,1-5H3,(H,24,28). The monoisotopic (exact) mass is 376 g/mol. The molecule has 0 bridgehead atoms. The molecule has 0 atom stereocenters. The van der Waals surface area contributed by atoms with Gasteiger partial charge in [-0.3, -0.25) is 4.79 Å². The predicted molar refractivity (Wildman–Crippen MR) is 114 cm³/mol. The summed E-state index contributed by atoms with van der Waals surface area (Å²) in [5.41, 5.74) is 7.03. The Bertz CT molecular complexity index is 974. The van der Waals surface area contributed by atoms with Gasteiger partial charge in [0.15, 0.2) is 0 Å². The van der Waals surface area contributed by atoms with Gasteiger partial charge in [-0.1, -0.05) is 35.9 Å². The molecule has 1 amide bonds. The Hall–Kier alpha value is -2.92. The zero-order valence-corrected chi connectivity index (χ0v) is 17.3. The summed E-state index contributed by atoms with van der Waals surface area (Å²) in [4.78, 5) is 14.9. The van der Waals surface area contributed by atoms with Crippen LogP contribution in [0, 0.1) is 20.8 Å². The van der Waals surface area contributed by atoms with Gasteiger partial charge in [-0.2, -0.15) is 5.10 Å². The number of benzene rings is 2. The van der Waals surface area contributed by atoms with Gasteiger partial charge in [-0.25, -0.2) is 4.68 Å². The number of para-hydroxylation sites is 1. The van der Waals surface area contributed by atoms with E-state index in [2.05, 4.69) is 28.3 Å². The molecule has 2 aromatic carbocycles. The summed E-state index contributed by atoms with van der Waals surface area (Å²) in [5.74, 6) is -0.0253. The highest BCUT2D eigenvalue weighted by Crippen LogP contribution is 2.21. The number of rotatable bonds is 6. The van der Waals surface area contributed by atoms with Crippen molar-refractivity contribution < 1.29 is 4.79 Å². The van der Waals surface area contributed by atoms with Crippen LogP contribution in [0.25, 0.3) is 5.69 Å². The molecule has 0 saturated carbocycles. The molecular weight excluding hydrogens is 348 g/mol. The van der Waals surface area contributed by atoms with E-state index in [9.17, 15) is 4.79 Å². The first-order valence-electron chi connectivity index (χ1n) is 9.49. The zero-order valence-electron chi connectivity index (χ0n) is 17.3. The van der Waals surface area contributed by atoms with Crippen molar-refractivity contribution in [3.8, 4) is 5.69 Å². The molecule has 0 fully saturated rings. The molecule has 1 heterocycles. The highest BCUT2D eigenvalue weighted by molar-refractivity contribution is 5.93. The first kappa shape index (κ1) is 19.8. The number of amides is 1. The number of hydrogen-bond donors (Lipinski definition) is 1. The van der Waals surface area contributed by atoms with Crippen LogP contribution in [0.5, 0.6) is 0 Å². The number of aromatic nitrogens is 2. The van der Waals surface area contributed by atoms with Gasteiger partial charge in [-0.05, 0) is 58.6 Å². The Morgan fingerprint density at radius 3 is 2.46 bits per heavy atom. The molecule has 3 rings (SSSR count). The van der Waals surface area contributed by atoms with Crippen molar-refractivity contribution in [1.82, 2.24) is 14.7 Å². The number of carbonyl (C=O) groups is 1. The number of hydrogen-bond acceptors (Lipinski definition) is 3. The molecule has 1 N–H and O–H groups in total. The molecule has 5 heteroatoms. The van der Waals surface area contributed by atoms with Crippen LogP contribution in [0.3, 0.4) is 0 Å². The number of nitrogens with zero attached hydrogens (tertiary/aromatic N) is 3. The van der Waals surface area contributed by atoms with E-state index in [0.29, 0.717) is 6.42 Å². The van der Waals surface area contributed by atoms with Gasteiger partial charge in [0.2, 0.25) is 5.91 Å². The van der Waals surface area contributed by atoms with E-state index in [0.717, 1.165) is 40.4 Å². The molecule has 146 valence electrons. The fraction of sp³-hybridized carbons (Fsp3) is 0.304. The maximum absolute atomic E-state index is 12.8. The normalized spacial score (nSPS) is 11.1. The molecule has 0 spiro atoms. The zero-order chi connectivity index (χ0) is 20.3. The molecule has 0 unspecified atom stereocenters. The minimum Gasteiger partial charge on any atom is -0.325 e. The van der Waals surface area contributed by atoms with Crippen molar-refractivity contribution in [3.05, 3.63) is 76.6 Å². The summed E-state index contributed by atoms with van der Waals surface area (Å²) in [5, 5.41) is 7.73. The first-order valence-corrected chi connectivity index (χ1v) is 9.49. The van der Waals surface area contributed by atoms with Crippen molar-refractivity contribution in [1.29, 1.82) is 0 Å². The third kappa shape index (κ3) is 4.49. The number of anilines is 1. The Morgan fingerprint density at radius 1 is 1.07 bits per heavy atom. The van der Waals surface area contributed by atoms with Crippen LogP contribution in [0.15, 0.2) is 48.5 Å². The lowest BCUT2D eigenvalue weighted by Gasteiger charge is -2.16. The highest BCUT2D eigenvalue weighted by Gasteiger charge is 2.17. The average molecular weight is 377 g/mol. The second-order valence-corrected chi connectivity index (χ2v) is 7.52. The SMILES string of the molecule is Cc1ccc(NC(=O)Cc2c(C)nn(-c3ccccc3)c2C)c(CN(C)C)c1. The lowest BCUT2D eigenvalue weighted by atomic mass is 10.1. The van der Waals surface area contributed by atoms with Crippen LogP contribution in [-0.2, 0) is 17.8 Å². The van der Waals surface area contributed by atoms with Crippen molar-refractivity contribution in [2.75, 3.05) is 19.4 Å². The highest BCUT2D eigenvalue weighted by atomic mass is 16.1. The van der Waals surface area contributed by atoms with Gasteiger partial charge < -0.3 is 10.2 Å². The van der Waals surface area contributed by atoms with E-state index < -0.39 is 0 Å². The summed E-state index contributed by atoms with van der Waals surface area (Å²) in [6.45, 7) is 6.81. The third-order valence-corrected chi connectivity index (χ3v) is 4.80. The van der Waals surface area contributed by atoms with Gasteiger partial charge in [0.05, 0.1) is 17.8 Å². The van der Waals surface area contributed by atoms with Crippen LogP contribution in [0.2, 0.25) is 0 Å². The van der Waals surface area contributed by atoms with E-state index in [1.165, 1.54) is 5.56 Å². The molecule has 0 radical (unpaired) electrons. The Morgan fingerprint density at radius 2 is 1.79 bits per heavy atom. The second-order valence-electron chi connectivity index (χ2n) is 7.52. The van der Waals surface area contributed by atoms with Crippen LogP contribution >= 0.6 is 0 Å². The van der Waals surface area contributed by atoms with Crippen molar-refractivity contribution in [2.45, 2.75) is 33.7 Å². The first-order chi connectivity index (χ1) is 13.3. The van der Waals surface area contributed by atoms with Crippen LogP contribution in [0.4, 0.5) is 5.69 Å². The van der Waals surface area contributed by atoms with E-state index >= 15 is 0 Å². The van der Waals surface area contributed by atoms with Gasteiger partial charge in [0.1, 0.15) is 0 Å². The maximum Gasteiger partial charge on any atom is 0.228 e. The largest absolute Gasteiger partial charge is 0.325 e. The summed E-state index contributed by atoms with van der Waals surface area (Å²) in [6.07, 6.45) is 0.305. The topological polar surface area (TPSA) is 50.2 Å². The van der Waals surface area contributed by atoms with Gasteiger partial charge >= 0.3 is 0 Å². The van der Waals surface area contributed by atoms with Gasteiger partial charge in [0, 0.05) is 23.5 Å².